The maximum absolute atomic E-state index is 13.0. The molecule has 158 valence electrons. The summed E-state index contributed by atoms with van der Waals surface area (Å²) in [6.45, 7) is 6.14. The number of phenols is 1. The molecule has 2 N–H and O–H groups in total. The van der Waals surface area contributed by atoms with Crippen molar-refractivity contribution in [3.05, 3.63) is 57.6 Å². The minimum atomic E-state index is -4.47. The van der Waals surface area contributed by atoms with E-state index in [1.54, 1.807) is 12.1 Å². The third-order valence-electron chi connectivity index (χ3n) is 5.77. The lowest BCUT2D eigenvalue weighted by molar-refractivity contribution is -0.137. The van der Waals surface area contributed by atoms with Crippen LogP contribution in [-0.4, -0.2) is 29.6 Å². The molecule has 3 rings (SSSR count). The lowest BCUT2D eigenvalue weighted by Crippen LogP contribution is -2.37. The van der Waals surface area contributed by atoms with Gasteiger partial charge < -0.3 is 10.4 Å². The molecule has 1 atom stereocenters. The minimum Gasteiger partial charge on any atom is -0.508 e. The number of aromatic hydroxyl groups is 1. The van der Waals surface area contributed by atoms with Crippen molar-refractivity contribution in [2.24, 2.45) is 0 Å². The monoisotopic (exact) mass is 426 g/mol. The van der Waals surface area contributed by atoms with E-state index in [1.807, 2.05) is 19.9 Å². The molecule has 1 aliphatic rings. The number of halogens is 4. The van der Waals surface area contributed by atoms with Gasteiger partial charge in [0.15, 0.2) is 0 Å². The van der Waals surface area contributed by atoms with Crippen molar-refractivity contribution < 1.29 is 18.3 Å². The van der Waals surface area contributed by atoms with Crippen molar-refractivity contribution in [2.45, 2.75) is 45.3 Å². The summed E-state index contributed by atoms with van der Waals surface area (Å²) in [6.07, 6.45) is -1.20. The van der Waals surface area contributed by atoms with Crippen LogP contribution in [0.25, 0.3) is 0 Å². The maximum atomic E-state index is 13.0. The van der Waals surface area contributed by atoms with E-state index in [0.29, 0.717) is 24.5 Å². The second-order valence-corrected chi connectivity index (χ2v) is 8.00. The lowest BCUT2D eigenvalue weighted by atomic mass is 9.90. The first-order chi connectivity index (χ1) is 13.7. The van der Waals surface area contributed by atoms with Crippen LogP contribution in [0.1, 0.15) is 47.6 Å². The van der Waals surface area contributed by atoms with E-state index in [4.69, 9.17) is 11.6 Å². The van der Waals surface area contributed by atoms with Crippen LogP contribution in [0.5, 0.6) is 5.75 Å². The van der Waals surface area contributed by atoms with Gasteiger partial charge in [0.1, 0.15) is 5.75 Å². The molecule has 0 aromatic heterocycles. The summed E-state index contributed by atoms with van der Waals surface area (Å²) in [5.41, 5.74) is 2.79. The van der Waals surface area contributed by atoms with Crippen molar-refractivity contribution >= 4 is 17.3 Å². The van der Waals surface area contributed by atoms with Gasteiger partial charge in [-0.3, -0.25) is 4.90 Å². The first-order valence-corrected chi connectivity index (χ1v) is 10.2. The zero-order valence-corrected chi connectivity index (χ0v) is 17.4. The van der Waals surface area contributed by atoms with E-state index >= 15 is 0 Å². The third kappa shape index (κ3) is 4.98. The molecule has 1 fully saturated rings. The predicted octanol–water partition coefficient (Wildman–Crippen LogP) is 6.32. The number of rotatable bonds is 5. The van der Waals surface area contributed by atoms with E-state index in [2.05, 4.69) is 10.2 Å². The van der Waals surface area contributed by atoms with Crippen molar-refractivity contribution in [3.63, 3.8) is 0 Å². The Kier molecular flexibility index (Phi) is 6.64. The van der Waals surface area contributed by atoms with Crippen LogP contribution < -0.4 is 5.32 Å². The van der Waals surface area contributed by atoms with Gasteiger partial charge in [0, 0.05) is 24.8 Å². The summed E-state index contributed by atoms with van der Waals surface area (Å²) in [4.78, 5) is 2.37. The molecular weight excluding hydrogens is 401 g/mol. The third-order valence-corrected chi connectivity index (χ3v) is 6.10. The Labute approximate surface area is 174 Å². The number of nitrogens with one attached hydrogen (secondary N) is 1. The topological polar surface area (TPSA) is 35.5 Å². The molecule has 2 aromatic rings. The number of likely N-dealkylation sites (tertiary alicyclic amines) is 1. The SMILES string of the molecule is Cc1c(O)ccc(C2CCCCN2CCNc2ccc(Cl)c(C(F)(F)F)c2)c1C. The molecular formula is C22H26ClF3N2O. The summed E-state index contributed by atoms with van der Waals surface area (Å²) in [5, 5.41) is 12.7. The molecule has 0 amide bonds. The Balaban J connectivity index is 1.69. The van der Waals surface area contributed by atoms with Crippen LogP contribution in [0.4, 0.5) is 18.9 Å². The van der Waals surface area contributed by atoms with Crippen LogP contribution in [0.2, 0.25) is 5.02 Å². The maximum Gasteiger partial charge on any atom is 0.417 e. The van der Waals surface area contributed by atoms with Crippen molar-refractivity contribution in [1.29, 1.82) is 0 Å². The first-order valence-electron chi connectivity index (χ1n) is 9.82. The summed E-state index contributed by atoms with van der Waals surface area (Å²) >= 11 is 5.69. The van der Waals surface area contributed by atoms with E-state index in [-0.39, 0.29) is 11.1 Å². The van der Waals surface area contributed by atoms with E-state index in [0.717, 1.165) is 43.0 Å². The predicted molar refractivity (Wildman–Crippen MR) is 111 cm³/mol. The first kappa shape index (κ1) is 21.8. The van der Waals surface area contributed by atoms with E-state index in [1.165, 1.54) is 11.6 Å². The molecule has 29 heavy (non-hydrogen) atoms. The highest BCUT2D eigenvalue weighted by Gasteiger charge is 2.33. The zero-order chi connectivity index (χ0) is 21.2. The largest absolute Gasteiger partial charge is 0.508 e. The fraction of sp³-hybridized carbons (Fsp3) is 0.455. The highest BCUT2D eigenvalue weighted by molar-refractivity contribution is 6.31. The Hall–Kier alpha value is -1.92. The second-order valence-electron chi connectivity index (χ2n) is 7.59. The van der Waals surface area contributed by atoms with Crippen molar-refractivity contribution in [1.82, 2.24) is 4.90 Å². The number of piperidine rings is 1. The Morgan fingerprint density at radius 1 is 1.14 bits per heavy atom. The van der Waals surface area contributed by atoms with Crippen LogP contribution in [0, 0.1) is 13.8 Å². The van der Waals surface area contributed by atoms with Gasteiger partial charge in [0.05, 0.1) is 10.6 Å². The fourth-order valence-corrected chi connectivity index (χ4v) is 4.22. The summed E-state index contributed by atoms with van der Waals surface area (Å²) in [7, 11) is 0. The highest BCUT2D eigenvalue weighted by Crippen LogP contribution is 2.37. The average molecular weight is 427 g/mol. The Bertz CT molecular complexity index is 870. The normalized spacial score (nSPS) is 18.1. The van der Waals surface area contributed by atoms with Gasteiger partial charge >= 0.3 is 6.18 Å². The summed E-state index contributed by atoms with van der Waals surface area (Å²) in [6, 6.07) is 7.89. The van der Waals surface area contributed by atoms with Gasteiger partial charge in [0.2, 0.25) is 0 Å². The number of alkyl halides is 3. The number of hydrogen-bond donors (Lipinski definition) is 2. The Morgan fingerprint density at radius 3 is 2.62 bits per heavy atom. The number of anilines is 1. The van der Waals surface area contributed by atoms with Crippen LogP contribution >= 0.6 is 11.6 Å². The van der Waals surface area contributed by atoms with Crippen molar-refractivity contribution in [2.75, 3.05) is 25.0 Å². The number of benzene rings is 2. The molecule has 0 bridgehead atoms. The smallest absolute Gasteiger partial charge is 0.417 e. The molecule has 1 unspecified atom stereocenters. The zero-order valence-electron chi connectivity index (χ0n) is 16.6. The average Bonchev–Trinajstić information content (AvgIpc) is 2.67. The minimum absolute atomic E-state index is 0.251. The van der Waals surface area contributed by atoms with E-state index in [9.17, 15) is 18.3 Å². The molecule has 1 saturated heterocycles. The van der Waals surface area contributed by atoms with Crippen LogP contribution in [0.3, 0.4) is 0 Å². The summed E-state index contributed by atoms with van der Waals surface area (Å²) < 4.78 is 39.1. The number of nitrogens with zero attached hydrogens (tertiary/aromatic N) is 1. The fourth-order valence-electron chi connectivity index (χ4n) is 4.00. The molecule has 0 saturated carbocycles. The molecule has 0 radical (unpaired) electrons. The van der Waals surface area contributed by atoms with Gasteiger partial charge in [-0.25, -0.2) is 0 Å². The van der Waals surface area contributed by atoms with Crippen molar-refractivity contribution in [3.8, 4) is 5.75 Å². The lowest BCUT2D eigenvalue weighted by Gasteiger charge is -2.37. The second kappa shape index (κ2) is 8.84. The van der Waals surface area contributed by atoms with Gasteiger partial charge in [-0.15, -0.1) is 0 Å². The number of phenolic OH excluding ortho intramolecular Hbond substituents is 1. The van der Waals surface area contributed by atoms with Crippen LogP contribution in [-0.2, 0) is 6.18 Å². The quantitative estimate of drug-likeness (QED) is 0.587. The molecule has 2 aromatic carbocycles. The Morgan fingerprint density at radius 2 is 1.90 bits per heavy atom. The molecule has 3 nitrogen and oxygen atoms in total. The van der Waals surface area contributed by atoms with Gasteiger partial charge in [-0.2, -0.15) is 13.2 Å². The molecule has 0 aliphatic carbocycles. The van der Waals surface area contributed by atoms with E-state index < -0.39 is 11.7 Å². The molecule has 1 aliphatic heterocycles. The van der Waals surface area contributed by atoms with Crippen LogP contribution in [0.15, 0.2) is 30.3 Å². The van der Waals surface area contributed by atoms with Gasteiger partial charge in [-0.1, -0.05) is 24.1 Å². The highest BCUT2D eigenvalue weighted by atomic mass is 35.5. The number of hydrogen-bond acceptors (Lipinski definition) is 3. The van der Waals surface area contributed by atoms with Gasteiger partial charge in [-0.05, 0) is 74.2 Å². The molecule has 7 heteroatoms. The standard InChI is InChI=1S/C22H26ClF3N2O/c1-14-15(2)21(29)9-7-17(14)20-5-3-4-11-28(20)12-10-27-16-6-8-19(23)18(13-16)22(24,25)26/h6-9,13,20,27,29H,3-5,10-12H2,1-2H3. The summed E-state index contributed by atoms with van der Waals surface area (Å²) in [5.74, 6) is 0.304. The molecule has 0 spiro atoms. The van der Waals surface area contributed by atoms with Gasteiger partial charge in [0.25, 0.3) is 0 Å². The molecule has 1 heterocycles.